The highest BCUT2D eigenvalue weighted by atomic mass is 32.2. The largest absolute Gasteiger partial charge is 0.359 e. The highest BCUT2D eigenvalue weighted by molar-refractivity contribution is 8.15. The number of thioether (sulfide) groups is 1. The maximum atomic E-state index is 14.7. The number of hydrogen-bond acceptors (Lipinski definition) is 5. The minimum absolute atomic E-state index is 0.0194. The predicted molar refractivity (Wildman–Crippen MR) is 131 cm³/mol. The number of halogens is 2. The van der Waals surface area contributed by atoms with Gasteiger partial charge in [0.25, 0.3) is 0 Å². The Kier molecular flexibility index (Phi) is 7.51. The summed E-state index contributed by atoms with van der Waals surface area (Å²) in [6.07, 6.45) is 3.68. The summed E-state index contributed by atoms with van der Waals surface area (Å²) in [6.45, 7) is 1.72. The third kappa shape index (κ3) is 5.07. The van der Waals surface area contributed by atoms with Crippen LogP contribution < -0.4 is 10.6 Å². The van der Waals surface area contributed by atoms with E-state index in [1.807, 2.05) is 30.3 Å². The molecule has 0 bridgehead atoms. The van der Waals surface area contributed by atoms with Crippen LogP contribution in [0.4, 0.5) is 13.6 Å². The Labute approximate surface area is 206 Å². The molecule has 2 amide bonds. The first kappa shape index (κ1) is 24.5. The molecule has 0 saturated carbocycles. The molecule has 2 heterocycles. The average molecular weight is 498 g/mol. The number of rotatable bonds is 6. The summed E-state index contributed by atoms with van der Waals surface area (Å²) in [5, 5.41) is 20.9. The summed E-state index contributed by atoms with van der Waals surface area (Å²) >= 11 is 1.25. The quantitative estimate of drug-likeness (QED) is 0.274. The first-order valence-corrected chi connectivity index (χ1v) is 12.1. The lowest BCUT2D eigenvalue weighted by atomic mass is 10.00. The molecule has 11 heteroatoms. The van der Waals surface area contributed by atoms with Gasteiger partial charge in [0.15, 0.2) is 0 Å². The molecule has 4 rings (SSSR count). The number of hydrazone groups is 1. The number of nitriles is 1. The van der Waals surface area contributed by atoms with E-state index in [-0.39, 0.29) is 16.6 Å². The predicted octanol–water partition coefficient (Wildman–Crippen LogP) is 3.78. The van der Waals surface area contributed by atoms with Gasteiger partial charge in [-0.25, -0.2) is 13.6 Å². The number of amides is 2. The fourth-order valence-electron chi connectivity index (χ4n) is 3.95. The molecule has 2 aromatic rings. The fourth-order valence-corrected chi connectivity index (χ4v) is 5.37. The molecule has 0 spiro atoms. The van der Waals surface area contributed by atoms with Gasteiger partial charge in [-0.1, -0.05) is 42.1 Å². The van der Waals surface area contributed by atoms with Crippen molar-refractivity contribution in [3.05, 3.63) is 71.3 Å². The highest BCUT2D eigenvalue weighted by Gasteiger charge is 2.50. The number of carbonyl (C=O) groups excluding carboxylic acids is 1. The second kappa shape index (κ2) is 10.7. The molecular formula is C24H25F2N7OS. The van der Waals surface area contributed by atoms with Crippen molar-refractivity contribution in [2.24, 2.45) is 10.1 Å². The number of hydrogen-bond donors (Lipinski definition) is 2. The van der Waals surface area contributed by atoms with Crippen LogP contribution in [-0.4, -0.2) is 53.6 Å². The molecule has 0 radical (unpaired) electrons. The maximum Gasteiger partial charge on any atom is 0.342 e. The highest BCUT2D eigenvalue weighted by Crippen LogP contribution is 2.51. The molecule has 2 aromatic carbocycles. The number of nitrogens with one attached hydrogen (secondary N) is 2. The fraction of sp³-hybridized carbons (Fsp3) is 0.333. The summed E-state index contributed by atoms with van der Waals surface area (Å²) in [5.74, 6) is -0.846. The van der Waals surface area contributed by atoms with Crippen LogP contribution in [0.2, 0.25) is 0 Å². The smallest absolute Gasteiger partial charge is 0.342 e. The van der Waals surface area contributed by atoms with Gasteiger partial charge in [-0.15, -0.1) is 4.99 Å². The van der Waals surface area contributed by atoms with E-state index in [0.29, 0.717) is 38.4 Å². The van der Waals surface area contributed by atoms with Gasteiger partial charge >= 0.3 is 6.03 Å². The molecule has 8 nitrogen and oxygen atoms in total. The van der Waals surface area contributed by atoms with Gasteiger partial charge in [0.1, 0.15) is 21.5 Å². The van der Waals surface area contributed by atoms with E-state index in [4.69, 9.17) is 5.26 Å². The molecule has 2 aliphatic heterocycles. The van der Waals surface area contributed by atoms with Crippen molar-refractivity contribution < 1.29 is 13.6 Å². The zero-order chi connectivity index (χ0) is 24.8. The van der Waals surface area contributed by atoms with E-state index in [1.54, 1.807) is 18.1 Å². The lowest BCUT2D eigenvalue weighted by Crippen LogP contribution is -2.52. The van der Waals surface area contributed by atoms with Crippen LogP contribution in [0.25, 0.3) is 0 Å². The standard InChI is InChI=1S/C24H25F2N7OS/c1-28-22(30-16-27)29-12-5-11-24(17-7-3-2-4-8-17)33(23(34)32-13-6-14-32)31-21(35-24)19-15-18(25)9-10-20(19)26/h2-4,7-10,15H,5-6,11-14H2,1H3,(H2,28,29,30). The Morgan fingerprint density at radius 2 is 2.03 bits per heavy atom. The van der Waals surface area contributed by atoms with Gasteiger partial charge in [-0.05, 0) is 43.0 Å². The molecule has 1 saturated heterocycles. The normalized spacial score (nSPS) is 19.6. The number of guanidine groups is 1. The van der Waals surface area contributed by atoms with Crippen molar-refractivity contribution in [3.8, 4) is 6.19 Å². The van der Waals surface area contributed by atoms with Crippen molar-refractivity contribution in [1.29, 1.82) is 5.26 Å². The summed E-state index contributed by atoms with van der Waals surface area (Å²) in [6, 6.07) is 12.4. The van der Waals surface area contributed by atoms with Crippen LogP contribution >= 0.6 is 11.8 Å². The summed E-state index contributed by atoms with van der Waals surface area (Å²) in [7, 11) is 1.66. The van der Waals surface area contributed by atoms with Gasteiger partial charge in [-0.2, -0.15) is 15.4 Å². The molecule has 2 N–H and O–H groups in total. The zero-order valence-corrected chi connectivity index (χ0v) is 20.0. The Morgan fingerprint density at radius 1 is 1.26 bits per heavy atom. The Bertz CT molecular complexity index is 1180. The number of likely N-dealkylation sites (tertiary alicyclic amines) is 1. The average Bonchev–Trinajstić information content (AvgIpc) is 3.22. The van der Waals surface area contributed by atoms with Gasteiger partial charge in [0.2, 0.25) is 12.2 Å². The van der Waals surface area contributed by atoms with E-state index < -0.39 is 16.5 Å². The van der Waals surface area contributed by atoms with E-state index in [9.17, 15) is 13.6 Å². The lowest BCUT2D eigenvalue weighted by molar-refractivity contribution is 0.101. The molecule has 0 aromatic heterocycles. The van der Waals surface area contributed by atoms with Gasteiger partial charge in [0, 0.05) is 32.2 Å². The van der Waals surface area contributed by atoms with Gasteiger partial charge < -0.3 is 15.5 Å². The van der Waals surface area contributed by atoms with Crippen LogP contribution in [0.15, 0.2) is 58.6 Å². The Hall–Kier alpha value is -3.65. The van der Waals surface area contributed by atoms with Crippen LogP contribution in [0.3, 0.4) is 0 Å². The van der Waals surface area contributed by atoms with Crippen molar-refractivity contribution in [2.45, 2.75) is 24.1 Å². The Morgan fingerprint density at radius 3 is 2.69 bits per heavy atom. The first-order valence-electron chi connectivity index (χ1n) is 11.2. The van der Waals surface area contributed by atoms with Crippen LogP contribution in [0, 0.1) is 23.1 Å². The number of aliphatic imine (C=N–C) groups is 1. The number of carbonyl (C=O) groups is 1. The van der Waals surface area contributed by atoms with E-state index in [1.165, 1.54) is 16.8 Å². The molecule has 1 atom stereocenters. The van der Waals surface area contributed by atoms with Crippen LogP contribution in [0.1, 0.15) is 30.4 Å². The topological polar surface area (TPSA) is 96.1 Å². The van der Waals surface area contributed by atoms with Gasteiger partial charge in [-0.3, -0.25) is 0 Å². The van der Waals surface area contributed by atoms with Crippen LogP contribution in [0.5, 0.6) is 0 Å². The number of nitrogens with zero attached hydrogens (tertiary/aromatic N) is 5. The lowest BCUT2D eigenvalue weighted by Gasteiger charge is -2.41. The van der Waals surface area contributed by atoms with E-state index in [0.717, 1.165) is 30.2 Å². The van der Waals surface area contributed by atoms with Gasteiger partial charge in [0.05, 0.1) is 0 Å². The molecule has 1 fully saturated rings. The molecule has 2 aliphatic rings. The first-order chi connectivity index (χ1) is 17.0. The van der Waals surface area contributed by atoms with Crippen molar-refractivity contribution in [3.63, 3.8) is 0 Å². The van der Waals surface area contributed by atoms with E-state index in [2.05, 4.69) is 20.7 Å². The maximum absolute atomic E-state index is 14.7. The SMILES string of the molecule is CN/C(=N/C#N)NCCCC1(c2ccccc2)SC(c2cc(F)ccc2F)=NN1C(=O)N1CCC1. The summed E-state index contributed by atoms with van der Waals surface area (Å²) in [4.78, 5) is 17.9. The summed E-state index contributed by atoms with van der Waals surface area (Å²) in [5.41, 5.74) is 0.847. The summed E-state index contributed by atoms with van der Waals surface area (Å²) < 4.78 is 28.7. The van der Waals surface area contributed by atoms with E-state index >= 15 is 0 Å². The van der Waals surface area contributed by atoms with Crippen LogP contribution in [-0.2, 0) is 4.87 Å². The number of benzene rings is 2. The van der Waals surface area contributed by atoms with Crippen molar-refractivity contribution >= 4 is 28.8 Å². The molecule has 0 aliphatic carbocycles. The third-order valence-corrected chi connectivity index (χ3v) is 7.32. The second-order valence-electron chi connectivity index (χ2n) is 8.06. The third-order valence-electron chi connectivity index (χ3n) is 5.87. The number of urea groups is 1. The van der Waals surface area contributed by atoms with Crippen molar-refractivity contribution in [2.75, 3.05) is 26.7 Å². The minimum atomic E-state index is -0.962. The zero-order valence-electron chi connectivity index (χ0n) is 19.2. The van der Waals surface area contributed by atoms with Crippen molar-refractivity contribution in [1.82, 2.24) is 20.5 Å². The molecule has 35 heavy (non-hydrogen) atoms. The second-order valence-corrected chi connectivity index (χ2v) is 9.32. The minimum Gasteiger partial charge on any atom is -0.359 e. The molecular weight excluding hydrogens is 472 g/mol. The monoisotopic (exact) mass is 497 g/mol. The Balaban J connectivity index is 1.70. The molecule has 1 unspecified atom stereocenters. The molecule has 182 valence electrons.